The minimum atomic E-state index is -1.48. The van der Waals surface area contributed by atoms with Gasteiger partial charge in [-0.05, 0) is 20.3 Å². The lowest BCUT2D eigenvalue weighted by Gasteiger charge is -2.25. The van der Waals surface area contributed by atoms with Crippen molar-refractivity contribution in [2.24, 2.45) is 0 Å². The molecule has 0 aliphatic rings. The first-order valence-corrected chi connectivity index (χ1v) is 7.21. The Bertz CT molecular complexity index is 118. The van der Waals surface area contributed by atoms with E-state index in [4.69, 9.17) is 8.85 Å². The Morgan fingerprint density at radius 2 is 1.62 bits per heavy atom. The molecule has 80 valence electrons. The SMILES string of the molecule is CCO[SiH](OCC)C(C)C(S)CC. The first-order chi connectivity index (χ1) is 6.17. The third kappa shape index (κ3) is 5.05. The van der Waals surface area contributed by atoms with E-state index >= 15 is 0 Å². The highest BCUT2D eigenvalue weighted by Crippen LogP contribution is 2.23. The Balaban J connectivity index is 4.00. The van der Waals surface area contributed by atoms with E-state index < -0.39 is 9.28 Å². The monoisotopic (exact) mass is 222 g/mol. The van der Waals surface area contributed by atoms with Gasteiger partial charge in [-0.25, -0.2) is 0 Å². The van der Waals surface area contributed by atoms with Gasteiger partial charge in [-0.2, -0.15) is 12.6 Å². The Kier molecular flexibility index (Phi) is 8.14. The molecule has 0 N–H and O–H groups in total. The molecule has 0 aliphatic carbocycles. The van der Waals surface area contributed by atoms with E-state index in [0.717, 1.165) is 19.6 Å². The van der Waals surface area contributed by atoms with Crippen LogP contribution in [0.2, 0.25) is 5.54 Å². The Labute approximate surface area is 89.3 Å². The lowest BCUT2D eigenvalue weighted by molar-refractivity contribution is 0.204. The van der Waals surface area contributed by atoms with Crippen molar-refractivity contribution in [1.82, 2.24) is 0 Å². The molecule has 0 bridgehead atoms. The second-order valence-corrected chi connectivity index (χ2v) is 6.23. The van der Waals surface area contributed by atoms with Gasteiger partial charge in [0.25, 0.3) is 0 Å². The summed E-state index contributed by atoms with van der Waals surface area (Å²) in [6, 6.07) is 0. The predicted octanol–water partition coefficient (Wildman–Crippen LogP) is 2.38. The zero-order chi connectivity index (χ0) is 10.3. The van der Waals surface area contributed by atoms with Gasteiger partial charge in [0.05, 0.1) is 0 Å². The molecule has 0 aromatic carbocycles. The number of hydrogen-bond acceptors (Lipinski definition) is 3. The summed E-state index contributed by atoms with van der Waals surface area (Å²) in [7, 11) is -1.48. The summed E-state index contributed by atoms with van der Waals surface area (Å²) in [5.41, 5.74) is 0.480. The van der Waals surface area contributed by atoms with Crippen molar-refractivity contribution in [2.45, 2.75) is 44.9 Å². The predicted molar refractivity (Wildman–Crippen MR) is 62.9 cm³/mol. The molecule has 2 atom stereocenters. The van der Waals surface area contributed by atoms with Gasteiger partial charge >= 0.3 is 9.28 Å². The van der Waals surface area contributed by atoms with E-state index in [1.807, 2.05) is 13.8 Å². The second-order valence-electron chi connectivity index (χ2n) is 3.11. The molecule has 4 heteroatoms. The fraction of sp³-hybridized carbons (Fsp3) is 1.00. The zero-order valence-corrected chi connectivity index (χ0v) is 11.2. The van der Waals surface area contributed by atoms with Gasteiger partial charge in [0.2, 0.25) is 0 Å². The highest BCUT2D eigenvalue weighted by atomic mass is 32.1. The smallest absolute Gasteiger partial charge is 0.325 e. The van der Waals surface area contributed by atoms with Crippen LogP contribution < -0.4 is 0 Å². The topological polar surface area (TPSA) is 18.5 Å². The van der Waals surface area contributed by atoms with Crippen LogP contribution in [0.15, 0.2) is 0 Å². The van der Waals surface area contributed by atoms with Crippen LogP contribution >= 0.6 is 12.6 Å². The van der Waals surface area contributed by atoms with Crippen LogP contribution in [-0.2, 0) is 8.85 Å². The van der Waals surface area contributed by atoms with Crippen molar-refractivity contribution < 1.29 is 8.85 Å². The van der Waals surface area contributed by atoms with Gasteiger partial charge in [-0.3, -0.25) is 0 Å². The third-order valence-electron chi connectivity index (χ3n) is 2.12. The minimum absolute atomic E-state index is 0.412. The van der Waals surface area contributed by atoms with Crippen LogP contribution in [0.1, 0.15) is 34.1 Å². The Morgan fingerprint density at radius 1 is 1.15 bits per heavy atom. The number of rotatable bonds is 7. The molecule has 0 amide bonds. The summed E-state index contributed by atoms with van der Waals surface area (Å²) in [5, 5.41) is 0.412. The maximum Gasteiger partial charge on any atom is 0.325 e. The maximum absolute atomic E-state index is 5.63. The van der Waals surface area contributed by atoms with Gasteiger partial charge in [0, 0.05) is 24.0 Å². The summed E-state index contributed by atoms with van der Waals surface area (Å²) < 4.78 is 11.3. The molecule has 2 nitrogen and oxygen atoms in total. The molecule has 0 aromatic heterocycles. The average Bonchev–Trinajstić information content (AvgIpc) is 2.15. The summed E-state index contributed by atoms with van der Waals surface area (Å²) in [5.74, 6) is 0. The number of thiol groups is 1. The molecule has 0 rings (SSSR count). The van der Waals surface area contributed by atoms with Gasteiger partial charge in [-0.1, -0.05) is 13.8 Å². The quantitative estimate of drug-likeness (QED) is 0.527. The molecule has 0 radical (unpaired) electrons. The molecule has 0 aliphatic heterocycles. The highest BCUT2D eigenvalue weighted by molar-refractivity contribution is 7.81. The van der Waals surface area contributed by atoms with Crippen LogP contribution in [-0.4, -0.2) is 27.7 Å². The van der Waals surface area contributed by atoms with E-state index in [9.17, 15) is 0 Å². The fourth-order valence-corrected chi connectivity index (χ4v) is 3.65. The maximum atomic E-state index is 5.63. The Hall–Kier alpha value is 0.487. The highest BCUT2D eigenvalue weighted by Gasteiger charge is 2.26. The van der Waals surface area contributed by atoms with Gasteiger partial charge in [-0.15, -0.1) is 0 Å². The first-order valence-electron chi connectivity index (χ1n) is 5.08. The van der Waals surface area contributed by atoms with Crippen molar-refractivity contribution in [3.05, 3.63) is 0 Å². The van der Waals surface area contributed by atoms with Crippen molar-refractivity contribution in [3.8, 4) is 0 Å². The van der Waals surface area contributed by atoms with Crippen LogP contribution in [0.4, 0.5) is 0 Å². The van der Waals surface area contributed by atoms with Gasteiger partial charge < -0.3 is 8.85 Å². The van der Waals surface area contributed by atoms with Crippen molar-refractivity contribution in [2.75, 3.05) is 13.2 Å². The summed E-state index contributed by atoms with van der Waals surface area (Å²) >= 11 is 4.52. The Morgan fingerprint density at radius 3 is 1.92 bits per heavy atom. The fourth-order valence-electron chi connectivity index (χ4n) is 1.23. The molecule has 0 saturated carbocycles. The standard InChI is InChI=1S/C9H22O2SSi/c1-5-9(12)8(4)13(10-6-2)11-7-3/h8-9,12-13H,5-7H2,1-4H3. The van der Waals surface area contributed by atoms with Gasteiger partial charge in [0.1, 0.15) is 0 Å². The van der Waals surface area contributed by atoms with Crippen LogP contribution in [0.25, 0.3) is 0 Å². The van der Waals surface area contributed by atoms with Crippen molar-refractivity contribution >= 4 is 21.9 Å². The summed E-state index contributed by atoms with van der Waals surface area (Å²) in [6.07, 6.45) is 1.08. The average molecular weight is 222 g/mol. The zero-order valence-electron chi connectivity index (χ0n) is 9.12. The number of hydrogen-bond donors (Lipinski definition) is 1. The van der Waals surface area contributed by atoms with E-state index in [-0.39, 0.29) is 0 Å². The van der Waals surface area contributed by atoms with Gasteiger partial charge in [0.15, 0.2) is 0 Å². The van der Waals surface area contributed by atoms with E-state index in [2.05, 4.69) is 26.5 Å². The third-order valence-corrected chi connectivity index (χ3v) is 5.92. The van der Waals surface area contributed by atoms with Crippen molar-refractivity contribution in [3.63, 3.8) is 0 Å². The van der Waals surface area contributed by atoms with Crippen LogP contribution in [0.3, 0.4) is 0 Å². The molecule has 0 heterocycles. The minimum Gasteiger partial charge on any atom is -0.397 e. The normalized spacial score (nSPS) is 16.2. The first kappa shape index (κ1) is 13.5. The van der Waals surface area contributed by atoms with E-state index in [0.29, 0.717) is 10.8 Å². The molecule has 0 saturated heterocycles. The summed E-state index contributed by atoms with van der Waals surface area (Å²) in [6.45, 7) is 9.88. The van der Waals surface area contributed by atoms with Crippen LogP contribution in [0.5, 0.6) is 0 Å². The molecule has 2 unspecified atom stereocenters. The molecule has 0 aromatic rings. The van der Waals surface area contributed by atoms with Crippen molar-refractivity contribution in [1.29, 1.82) is 0 Å². The second kappa shape index (κ2) is 7.85. The molecular formula is C9H22O2SSi. The lowest BCUT2D eigenvalue weighted by Crippen LogP contribution is -2.32. The van der Waals surface area contributed by atoms with Crippen LogP contribution in [0, 0.1) is 0 Å². The molecule has 13 heavy (non-hydrogen) atoms. The van der Waals surface area contributed by atoms with E-state index in [1.165, 1.54) is 0 Å². The largest absolute Gasteiger partial charge is 0.397 e. The molecular weight excluding hydrogens is 200 g/mol. The summed E-state index contributed by atoms with van der Waals surface area (Å²) in [4.78, 5) is 0. The molecule has 0 fully saturated rings. The van der Waals surface area contributed by atoms with E-state index in [1.54, 1.807) is 0 Å². The molecule has 0 spiro atoms. The lowest BCUT2D eigenvalue weighted by atomic mass is 10.2.